The highest BCUT2D eigenvalue weighted by Crippen LogP contribution is 2.18. The molecule has 0 bridgehead atoms. The molecule has 0 aliphatic carbocycles. The van der Waals surface area contributed by atoms with Gasteiger partial charge in [0.25, 0.3) is 0 Å². The van der Waals surface area contributed by atoms with Crippen molar-refractivity contribution in [3.05, 3.63) is 59.5 Å². The molecule has 0 saturated carbocycles. The van der Waals surface area contributed by atoms with E-state index in [0.717, 1.165) is 41.0 Å². The second-order valence-electron chi connectivity index (χ2n) is 5.33. The van der Waals surface area contributed by atoms with Crippen LogP contribution in [0.5, 0.6) is 0 Å². The topological polar surface area (TPSA) is 56.7 Å². The number of aryl methyl sites for hydroxylation is 2. The molecule has 2 N–H and O–H groups in total. The van der Waals surface area contributed by atoms with Gasteiger partial charge in [0, 0.05) is 24.0 Å². The summed E-state index contributed by atoms with van der Waals surface area (Å²) in [7, 11) is 0. The lowest BCUT2D eigenvalue weighted by Crippen LogP contribution is -2.18. The highest BCUT2D eigenvalue weighted by Gasteiger charge is 2.14. The van der Waals surface area contributed by atoms with Crippen molar-refractivity contribution in [3.8, 4) is 0 Å². The molecule has 1 atom stereocenters. The largest absolute Gasteiger partial charge is 0.322 e. The molecule has 21 heavy (non-hydrogen) atoms. The summed E-state index contributed by atoms with van der Waals surface area (Å²) in [6, 6.07) is 14.3. The van der Waals surface area contributed by atoms with Crippen LogP contribution in [0.4, 0.5) is 0 Å². The summed E-state index contributed by atoms with van der Waals surface area (Å²) in [5.41, 5.74) is 10.5. The number of nitrogens with two attached hydrogens (primary N) is 1. The number of fused-ring (bicyclic) bond motifs is 1. The Balaban J connectivity index is 1.86. The quantitative estimate of drug-likeness (QED) is 0.799. The van der Waals surface area contributed by atoms with Crippen LogP contribution in [0.25, 0.3) is 10.9 Å². The van der Waals surface area contributed by atoms with Gasteiger partial charge in [-0.1, -0.05) is 24.3 Å². The van der Waals surface area contributed by atoms with Gasteiger partial charge in [0.2, 0.25) is 0 Å². The number of nitrogens with zero attached hydrogens (tertiary/aromatic N) is 3. The molecule has 1 aromatic carbocycles. The molecule has 3 rings (SSSR count). The first-order valence-electron chi connectivity index (χ1n) is 7.32. The van der Waals surface area contributed by atoms with Crippen LogP contribution >= 0.6 is 0 Å². The average molecular weight is 280 g/mol. The van der Waals surface area contributed by atoms with Crippen LogP contribution in [-0.2, 0) is 13.0 Å². The Kier molecular flexibility index (Phi) is 3.71. The summed E-state index contributed by atoms with van der Waals surface area (Å²) in [5.74, 6) is 0. The molecule has 4 nitrogen and oxygen atoms in total. The van der Waals surface area contributed by atoms with Crippen molar-refractivity contribution >= 4 is 10.9 Å². The van der Waals surface area contributed by atoms with E-state index in [4.69, 9.17) is 10.7 Å². The number of hydrogen-bond acceptors (Lipinski definition) is 3. The number of pyridine rings is 1. The van der Waals surface area contributed by atoms with Gasteiger partial charge in [0.05, 0.1) is 22.9 Å². The maximum Gasteiger partial charge on any atom is 0.0705 e. The minimum Gasteiger partial charge on any atom is -0.322 e. The fraction of sp³-hybridized carbons (Fsp3) is 0.294. The Morgan fingerprint density at radius 1 is 1.19 bits per heavy atom. The number of hydrogen-bond donors (Lipinski definition) is 1. The summed E-state index contributed by atoms with van der Waals surface area (Å²) in [4.78, 5) is 4.69. The summed E-state index contributed by atoms with van der Waals surface area (Å²) in [6.45, 7) is 4.91. The van der Waals surface area contributed by atoms with Crippen molar-refractivity contribution in [1.29, 1.82) is 0 Å². The van der Waals surface area contributed by atoms with Gasteiger partial charge in [-0.3, -0.25) is 9.67 Å². The van der Waals surface area contributed by atoms with E-state index in [9.17, 15) is 0 Å². The van der Waals surface area contributed by atoms with Gasteiger partial charge in [-0.2, -0.15) is 5.10 Å². The maximum atomic E-state index is 6.36. The Hall–Kier alpha value is -2.20. The molecule has 108 valence electrons. The molecule has 3 aromatic rings. The average Bonchev–Trinajstić information content (AvgIpc) is 2.88. The summed E-state index contributed by atoms with van der Waals surface area (Å²) < 4.78 is 1.97. The van der Waals surface area contributed by atoms with Crippen molar-refractivity contribution < 1.29 is 0 Å². The van der Waals surface area contributed by atoms with Crippen LogP contribution in [0, 0.1) is 6.92 Å². The second kappa shape index (κ2) is 5.66. The van der Waals surface area contributed by atoms with Crippen LogP contribution in [0.3, 0.4) is 0 Å². The third-order valence-electron chi connectivity index (χ3n) is 3.70. The SMILES string of the molecule is CCn1nc(C)cc1C(N)Cc1ccc2ccccc2n1. The summed E-state index contributed by atoms with van der Waals surface area (Å²) >= 11 is 0. The van der Waals surface area contributed by atoms with Crippen LogP contribution in [0.1, 0.15) is 30.0 Å². The third kappa shape index (κ3) is 2.81. The number of benzene rings is 1. The normalized spacial score (nSPS) is 12.7. The molecule has 0 saturated heterocycles. The second-order valence-corrected chi connectivity index (χ2v) is 5.33. The Morgan fingerprint density at radius 3 is 2.81 bits per heavy atom. The molecular weight excluding hydrogens is 260 g/mol. The highest BCUT2D eigenvalue weighted by molar-refractivity contribution is 5.78. The fourth-order valence-corrected chi connectivity index (χ4v) is 2.67. The van der Waals surface area contributed by atoms with Gasteiger partial charge in [-0.15, -0.1) is 0 Å². The first-order chi connectivity index (χ1) is 10.2. The Morgan fingerprint density at radius 2 is 2.00 bits per heavy atom. The number of aromatic nitrogens is 3. The molecule has 2 aromatic heterocycles. The van der Waals surface area contributed by atoms with Gasteiger partial charge in [-0.05, 0) is 32.0 Å². The predicted molar refractivity (Wildman–Crippen MR) is 85.0 cm³/mol. The molecular formula is C17H20N4. The number of rotatable bonds is 4. The molecule has 0 amide bonds. The molecule has 0 aliphatic heterocycles. The smallest absolute Gasteiger partial charge is 0.0705 e. The third-order valence-corrected chi connectivity index (χ3v) is 3.70. The highest BCUT2D eigenvalue weighted by atomic mass is 15.3. The molecule has 0 radical (unpaired) electrons. The van der Waals surface area contributed by atoms with Crippen LogP contribution in [-0.4, -0.2) is 14.8 Å². The van der Waals surface area contributed by atoms with Crippen molar-refractivity contribution in [2.45, 2.75) is 32.9 Å². The van der Waals surface area contributed by atoms with E-state index in [1.807, 2.05) is 29.8 Å². The lowest BCUT2D eigenvalue weighted by atomic mass is 10.1. The maximum absolute atomic E-state index is 6.36. The molecule has 0 fully saturated rings. The summed E-state index contributed by atoms with van der Waals surface area (Å²) in [5, 5.41) is 5.61. The zero-order chi connectivity index (χ0) is 14.8. The first kappa shape index (κ1) is 13.8. The van der Waals surface area contributed by atoms with E-state index < -0.39 is 0 Å². The van der Waals surface area contributed by atoms with Crippen LogP contribution in [0.2, 0.25) is 0 Å². The summed E-state index contributed by atoms with van der Waals surface area (Å²) in [6.07, 6.45) is 0.718. The first-order valence-corrected chi connectivity index (χ1v) is 7.32. The zero-order valence-electron chi connectivity index (χ0n) is 12.5. The lowest BCUT2D eigenvalue weighted by molar-refractivity contribution is 0.564. The van der Waals surface area contributed by atoms with Crippen molar-refractivity contribution in [3.63, 3.8) is 0 Å². The van der Waals surface area contributed by atoms with Crippen LogP contribution < -0.4 is 5.73 Å². The molecule has 0 aliphatic rings. The van der Waals surface area contributed by atoms with Crippen molar-refractivity contribution in [1.82, 2.24) is 14.8 Å². The lowest BCUT2D eigenvalue weighted by Gasteiger charge is -2.13. The standard InChI is InChI=1S/C17H20N4/c1-3-21-17(10-12(2)20-21)15(18)11-14-9-8-13-6-4-5-7-16(13)19-14/h4-10,15H,3,11,18H2,1-2H3. The van der Waals surface area contributed by atoms with Gasteiger partial charge in [0.15, 0.2) is 0 Å². The Bertz CT molecular complexity index is 760. The van der Waals surface area contributed by atoms with E-state index >= 15 is 0 Å². The van der Waals surface area contributed by atoms with Gasteiger partial charge < -0.3 is 5.73 Å². The van der Waals surface area contributed by atoms with E-state index in [1.54, 1.807) is 0 Å². The Labute approximate surface area is 124 Å². The van der Waals surface area contributed by atoms with E-state index in [-0.39, 0.29) is 6.04 Å². The minimum absolute atomic E-state index is 0.0835. The van der Waals surface area contributed by atoms with Crippen molar-refractivity contribution in [2.75, 3.05) is 0 Å². The molecule has 0 spiro atoms. The van der Waals surface area contributed by atoms with Gasteiger partial charge >= 0.3 is 0 Å². The monoisotopic (exact) mass is 280 g/mol. The van der Waals surface area contributed by atoms with Gasteiger partial charge in [0.1, 0.15) is 0 Å². The minimum atomic E-state index is -0.0835. The predicted octanol–water partition coefficient (Wildman–Crippen LogP) is 3.00. The molecule has 2 heterocycles. The van der Waals surface area contributed by atoms with Crippen LogP contribution in [0.15, 0.2) is 42.5 Å². The van der Waals surface area contributed by atoms with Gasteiger partial charge in [-0.25, -0.2) is 0 Å². The zero-order valence-corrected chi connectivity index (χ0v) is 12.5. The van der Waals surface area contributed by atoms with E-state index in [1.165, 1.54) is 0 Å². The van der Waals surface area contributed by atoms with E-state index in [2.05, 4.69) is 36.3 Å². The van der Waals surface area contributed by atoms with E-state index in [0.29, 0.717) is 0 Å². The molecule has 1 unspecified atom stereocenters. The number of para-hydroxylation sites is 1. The van der Waals surface area contributed by atoms with Crippen molar-refractivity contribution in [2.24, 2.45) is 5.73 Å². The molecule has 4 heteroatoms. The fourth-order valence-electron chi connectivity index (χ4n) is 2.67.